The van der Waals surface area contributed by atoms with Crippen LogP contribution in [0.5, 0.6) is 11.5 Å². The Morgan fingerprint density at radius 1 is 1.09 bits per heavy atom. The maximum absolute atomic E-state index is 14.6. The monoisotopic (exact) mass is 620 g/mol. The van der Waals surface area contributed by atoms with E-state index in [1.54, 1.807) is 57.2 Å². The number of ether oxygens (including phenoxy) is 1. The summed E-state index contributed by atoms with van der Waals surface area (Å²) in [7, 11) is -2.57. The van der Waals surface area contributed by atoms with E-state index in [9.17, 15) is 22.7 Å². The molecule has 2 heterocycles. The van der Waals surface area contributed by atoms with Gasteiger partial charge in [0.2, 0.25) is 15.7 Å². The van der Waals surface area contributed by atoms with Gasteiger partial charge in [0.05, 0.1) is 10.6 Å². The molecule has 2 aromatic heterocycles. The first kappa shape index (κ1) is 30.3. The quantitative estimate of drug-likeness (QED) is 0.183. The molecule has 0 saturated heterocycles. The molecule has 0 aliphatic heterocycles. The molecule has 1 amide bonds. The summed E-state index contributed by atoms with van der Waals surface area (Å²) in [6.45, 7) is 7.37. The fourth-order valence-corrected chi connectivity index (χ4v) is 5.20. The zero-order valence-corrected chi connectivity index (χ0v) is 25.3. The highest BCUT2D eigenvalue weighted by atomic mass is 32.2. The minimum Gasteiger partial charge on any atom is -0.507 e. The Labute approximate surface area is 252 Å². The van der Waals surface area contributed by atoms with Crippen LogP contribution in [0, 0.1) is 26.6 Å². The number of halogens is 1. The zero-order chi connectivity index (χ0) is 31.8. The number of azo groups is 1. The fourth-order valence-electron chi connectivity index (χ4n) is 4.46. The van der Waals surface area contributed by atoms with Crippen LogP contribution < -0.4 is 14.4 Å². The second-order valence-electron chi connectivity index (χ2n) is 9.84. The van der Waals surface area contributed by atoms with Crippen molar-refractivity contribution < 1.29 is 27.4 Å². The van der Waals surface area contributed by atoms with E-state index in [1.807, 2.05) is 6.92 Å². The molecule has 0 spiro atoms. The largest absolute Gasteiger partial charge is 0.507 e. The number of nitrogens with one attached hydrogen (secondary N) is 2. The summed E-state index contributed by atoms with van der Waals surface area (Å²) in [6.07, 6.45) is -0.571. The first-order valence-electron chi connectivity index (χ1n) is 13.4. The fraction of sp³-hybridized carbons (Fsp3) is 0.207. The highest BCUT2D eigenvalue weighted by Crippen LogP contribution is 2.31. The van der Waals surface area contributed by atoms with Crippen molar-refractivity contribution in [3.8, 4) is 22.9 Å². The standard InChI is InChI=1S/C29H29FN8O5S/c1-6-37(29(40)43-21-13-16(2)26(39)17(3)14-21)20-9-7-19(8-10-20)27-32-28-25(18(4)35-38(28)36-27)34-33-24-12-11-22(15-23(24)30)44(41,42)31-5/h7-15,31,35,39H,6H2,1-5H3. The number of nitrogens with zero attached hydrogens (tertiary/aromatic N) is 6. The van der Waals surface area contributed by atoms with Crippen molar-refractivity contribution in [2.24, 2.45) is 10.2 Å². The van der Waals surface area contributed by atoms with Crippen LogP contribution in [0.4, 0.5) is 26.2 Å². The van der Waals surface area contributed by atoms with Crippen LogP contribution in [0.1, 0.15) is 23.7 Å². The number of phenolic OH excluding ortho intramolecular Hbond substituents is 1. The first-order valence-corrected chi connectivity index (χ1v) is 14.9. The Morgan fingerprint density at radius 2 is 1.77 bits per heavy atom. The SMILES string of the molecule is CCN(C(=O)Oc1cc(C)c(O)c(C)c1)c1ccc(-c2nc3c(N=Nc4ccc(S(=O)(=O)NC)cc4F)c(C)[nH]n3n2)cc1. The summed E-state index contributed by atoms with van der Waals surface area (Å²) < 4.78 is 47.6. The summed E-state index contributed by atoms with van der Waals surface area (Å²) in [6, 6.07) is 13.5. The topological polar surface area (TPSA) is 167 Å². The van der Waals surface area contributed by atoms with Crippen LogP contribution >= 0.6 is 0 Å². The Kier molecular flexibility index (Phi) is 8.17. The average Bonchev–Trinajstić information content (AvgIpc) is 3.53. The van der Waals surface area contributed by atoms with Crippen LogP contribution in [-0.4, -0.2) is 53.0 Å². The van der Waals surface area contributed by atoms with Gasteiger partial charge in [-0.25, -0.2) is 27.3 Å². The number of carbonyl (C=O) groups excluding carboxylic acids is 1. The van der Waals surface area contributed by atoms with E-state index in [-0.39, 0.29) is 16.3 Å². The van der Waals surface area contributed by atoms with Crippen LogP contribution in [0.3, 0.4) is 0 Å². The van der Waals surface area contributed by atoms with Gasteiger partial charge in [-0.3, -0.25) is 10.00 Å². The van der Waals surface area contributed by atoms with Gasteiger partial charge in [-0.05, 0) is 100 Å². The lowest BCUT2D eigenvalue weighted by Gasteiger charge is -2.21. The van der Waals surface area contributed by atoms with Gasteiger partial charge in [-0.15, -0.1) is 15.3 Å². The molecule has 44 heavy (non-hydrogen) atoms. The summed E-state index contributed by atoms with van der Waals surface area (Å²) in [5.74, 6) is 0.00793. The van der Waals surface area contributed by atoms with Gasteiger partial charge in [0, 0.05) is 17.8 Å². The van der Waals surface area contributed by atoms with Crippen LogP contribution in [0.2, 0.25) is 0 Å². The summed E-state index contributed by atoms with van der Waals surface area (Å²) in [5.41, 5.74) is 3.57. The van der Waals surface area contributed by atoms with Crippen molar-refractivity contribution in [2.75, 3.05) is 18.5 Å². The predicted molar refractivity (Wildman–Crippen MR) is 161 cm³/mol. The van der Waals surface area contributed by atoms with Crippen molar-refractivity contribution in [2.45, 2.75) is 32.6 Å². The van der Waals surface area contributed by atoms with Gasteiger partial charge >= 0.3 is 6.09 Å². The minimum absolute atomic E-state index is 0.149. The molecule has 3 N–H and O–H groups in total. The number of aromatic hydroxyl groups is 1. The third-order valence-electron chi connectivity index (χ3n) is 6.85. The Bertz CT molecular complexity index is 2000. The first-order chi connectivity index (χ1) is 20.9. The van der Waals surface area contributed by atoms with E-state index in [4.69, 9.17) is 4.74 Å². The number of phenols is 1. The van der Waals surface area contributed by atoms with Gasteiger partial charge in [0.25, 0.3) is 0 Å². The number of sulfonamides is 1. The number of benzene rings is 3. The Hall–Kier alpha value is -5.15. The number of hydrogen-bond acceptors (Lipinski definition) is 9. The van der Waals surface area contributed by atoms with Gasteiger partial charge in [0.1, 0.15) is 17.2 Å². The van der Waals surface area contributed by atoms with E-state index in [1.165, 1.54) is 28.7 Å². The molecule has 15 heteroatoms. The van der Waals surface area contributed by atoms with Gasteiger partial charge in [-0.1, -0.05) is 0 Å². The van der Waals surface area contributed by atoms with E-state index in [0.29, 0.717) is 57.5 Å². The van der Waals surface area contributed by atoms with Gasteiger partial charge < -0.3 is 9.84 Å². The van der Waals surface area contributed by atoms with Gasteiger partial charge in [0.15, 0.2) is 17.3 Å². The van der Waals surface area contributed by atoms with Crippen molar-refractivity contribution in [3.05, 3.63) is 77.2 Å². The molecule has 0 saturated carbocycles. The van der Waals surface area contributed by atoms with E-state index in [2.05, 4.69) is 30.1 Å². The van der Waals surface area contributed by atoms with Crippen LogP contribution in [0.25, 0.3) is 17.0 Å². The second kappa shape index (κ2) is 11.9. The smallest absolute Gasteiger partial charge is 0.419 e. The summed E-state index contributed by atoms with van der Waals surface area (Å²) in [4.78, 5) is 18.8. The third-order valence-corrected chi connectivity index (χ3v) is 8.26. The number of aromatic nitrogens is 4. The number of H-pyrrole nitrogens is 1. The number of rotatable bonds is 8. The molecule has 13 nitrogen and oxygen atoms in total. The number of aromatic amines is 1. The molecule has 0 unspecified atom stereocenters. The molecule has 3 aromatic carbocycles. The molecular weight excluding hydrogens is 591 g/mol. The molecule has 0 bridgehead atoms. The molecular formula is C29H29FN8O5S. The zero-order valence-electron chi connectivity index (χ0n) is 24.5. The second-order valence-corrected chi connectivity index (χ2v) is 11.7. The highest BCUT2D eigenvalue weighted by Gasteiger charge is 2.20. The molecule has 0 aliphatic rings. The van der Waals surface area contributed by atoms with E-state index < -0.39 is 21.9 Å². The van der Waals surface area contributed by atoms with Crippen LogP contribution in [-0.2, 0) is 10.0 Å². The van der Waals surface area contributed by atoms with Crippen molar-refractivity contribution >= 4 is 38.8 Å². The van der Waals surface area contributed by atoms with Crippen molar-refractivity contribution in [3.63, 3.8) is 0 Å². The lowest BCUT2D eigenvalue weighted by atomic mass is 10.1. The number of carbonyl (C=O) groups is 1. The molecule has 0 radical (unpaired) electrons. The highest BCUT2D eigenvalue weighted by molar-refractivity contribution is 7.89. The molecule has 0 fully saturated rings. The summed E-state index contributed by atoms with van der Waals surface area (Å²) >= 11 is 0. The molecule has 5 aromatic rings. The average molecular weight is 621 g/mol. The molecule has 228 valence electrons. The van der Waals surface area contributed by atoms with E-state index >= 15 is 0 Å². The predicted octanol–water partition coefficient (Wildman–Crippen LogP) is 5.84. The maximum atomic E-state index is 14.6. The maximum Gasteiger partial charge on any atom is 0.419 e. The number of fused-ring (bicyclic) bond motifs is 1. The Morgan fingerprint density at radius 3 is 2.39 bits per heavy atom. The molecule has 0 aliphatic carbocycles. The lowest BCUT2D eigenvalue weighted by molar-refractivity contribution is 0.208. The number of anilines is 1. The normalized spacial score (nSPS) is 11.9. The molecule has 0 atom stereocenters. The number of aryl methyl sites for hydroxylation is 3. The van der Waals surface area contributed by atoms with Gasteiger partial charge in [-0.2, -0.15) is 4.63 Å². The lowest BCUT2D eigenvalue weighted by Crippen LogP contribution is -2.33. The van der Waals surface area contributed by atoms with Crippen molar-refractivity contribution in [1.29, 1.82) is 0 Å². The number of amides is 1. The van der Waals surface area contributed by atoms with Crippen molar-refractivity contribution in [1.82, 2.24) is 24.5 Å². The number of hydrogen-bond donors (Lipinski definition) is 3. The minimum atomic E-state index is -3.81. The Balaban J connectivity index is 1.36. The van der Waals surface area contributed by atoms with Crippen LogP contribution in [0.15, 0.2) is 69.7 Å². The third kappa shape index (κ3) is 5.87. The van der Waals surface area contributed by atoms with E-state index in [0.717, 1.165) is 6.07 Å². The summed E-state index contributed by atoms with van der Waals surface area (Å²) in [5, 5.41) is 25.6. The molecule has 5 rings (SSSR count).